The van der Waals surface area contributed by atoms with Gasteiger partial charge >= 0.3 is 6.18 Å². The molecule has 0 saturated heterocycles. The topological polar surface area (TPSA) is 73.1 Å². The van der Waals surface area contributed by atoms with E-state index in [1.54, 1.807) is 6.07 Å². The zero-order chi connectivity index (χ0) is 16.3. The molecule has 0 radical (unpaired) electrons. The summed E-state index contributed by atoms with van der Waals surface area (Å²) in [4.78, 5) is 11.8. The number of hydrogen-bond donors (Lipinski definition) is 2. The summed E-state index contributed by atoms with van der Waals surface area (Å²) in [5, 5.41) is 17.9. The zero-order valence-corrected chi connectivity index (χ0v) is 12.0. The Kier molecular flexibility index (Phi) is 4.66. The van der Waals surface area contributed by atoms with Gasteiger partial charge in [0.05, 0.1) is 5.56 Å². The van der Waals surface area contributed by atoms with Crippen molar-refractivity contribution in [3.05, 3.63) is 41.2 Å². The van der Waals surface area contributed by atoms with E-state index in [1.807, 2.05) is 0 Å². The number of aliphatic hydroxyl groups excluding tert-OH is 1. The fraction of sp³-hybridized carbons (Fsp3) is 0.286. The molecule has 0 atom stereocenters. The van der Waals surface area contributed by atoms with E-state index in [0.29, 0.717) is 11.9 Å². The Labute approximate surface area is 128 Å². The SMILES string of the molecule is N#C/C(C(=O)SNc1ccc(C(F)(F)F)cc1)=C(\O)C1CC1. The maximum absolute atomic E-state index is 12.4. The summed E-state index contributed by atoms with van der Waals surface area (Å²) in [5.41, 5.74) is -0.833. The lowest BCUT2D eigenvalue weighted by molar-refractivity contribution is -0.137. The lowest BCUT2D eigenvalue weighted by Crippen LogP contribution is -2.06. The minimum atomic E-state index is -4.42. The number of halogens is 3. The Morgan fingerprint density at radius 3 is 2.36 bits per heavy atom. The highest BCUT2D eigenvalue weighted by atomic mass is 32.2. The van der Waals surface area contributed by atoms with Gasteiger partial charge in [-0.3, -0.25) is 4.79 Å². The van der Waals surface area contributed by atoms with Gasteiger partial charge < -0.3 is 9.83 Å². The number of carbonyl (C=O) groups excluding carboxylic acids is 1. The second kappa shape index (κ2) is 6.32. The summed E-state index contributed by atoms with van der Waals surface area (Å²) in [6, 6.07) is 5.79. The number of carbonyl (C=O) groups is 1. The van der Waals surface area contributed by atoms with Gasteiger partial charge in [-0.15, -0.1) is 0 Å². The van der Waals surface area contributed by atoms with Gasteiger partial charge in [0, 0.05) is 23.6 Å². The van der Waals surface area contributed by atoms with Crippen LogP contribution >= 0.6 is 11.9 Å². The van der Waals surface area contributed by atoms with Crippen molar-refractivity contribution in [2.24, 2.45) is 5.92 Å². The van der Waals surface area contributed by atoms with Crippen LogP contribution in [0, 0.1) is 17.2 Å². The van der Waals surface area contributed by atoms with E-state index in [0.717, 1.165) is 25.0 Å². The highest BCUT2D eigenvalue weighted by Gasteiger charge is 2.31. The largest absolute Gasteiger partial charge is 0.510 e. The first-order valence-electron chi connectivity index (χ1n) is 6.30. The second-order valence-electron chi connectivity index (χ2n) is 4.71. The minimum absolute atomic E-state index is 0.134. The first-order chi connectivity index (χ1) is 10.3. The molecule has 8 heteroatoms. The molecule has 4 nitrogen and oxygen atoms in total. The molecular formula is C14H11F3N2O2S. The molecular weight excluding hydrogens is 317 g/mol. The van der Waals surface area contributed by atoms with Crippen LogP contribution in [-0.4, -0.2) is 10.2 Å². The van der Waals surface area contributed by atoms with Crippen LogP contribution < -0.4 is 4.72 Å². The third kappa shape index (κ3) is 3.95. The molecule has 0 bridgehead atoms. The van der Waals surface area contributed by atoms with Gasteiger partial charge in [-0.2, -0.15) is 18.4 Å². The Balaban J connectivity index is 1.99. The lowest BCUT2D eigenvalue weighted by atomic mass is 10.2. The van der Waals surface area contributed by atoms with E-state index < -0.39 is 16.9 Å². The summed E-state index contributed by atoms with van der Waals surface area (Å²) in [6.07, 6.45) is -2.95. The number of hydrogen-bond acceptors (Lipinski definition) is 5. The summed E-state index contributed by atoms with van der Waals surface area (Å²) in [7, 11) is 0. The quantitative estimate of drug-likeness (QED) is 0.378. The van der Waals surface area contributed by atoms with Crippen LogP contribution in [0.3, 0.4) is 0 Å². The maximum atomic E-state index is 12.4. The summed E-state index contributed by atoms with van der Waals surface area (Å²) in [6.45, 7) is 0. The van der Waals surface area contributed by atoms with Crippen molar-refractivity contribution in [3.8, 4) is 6.07 Å². The molecule has 1 fully saturated rings. The first kappa shape index (κ1) is 16.2. The molecule has 2 rings (SSSR count). The normalized spacial score (nSPS) is 15.7. The molecule has 0 unspecified atom stereocenters. The molecule has 1 aromatic carbocycles. The van der Waals surface area contributed by atoms with Crippen LogP contribution in [0.5, 0.6) is 0 Å². The van der Waals surface area contributed by atoms with E-state index in [1.165, 1.54) is 12.1 Å². The molecule has 22 heavy (non-hydrogen) atoms. The molecule has 1 aliphatic carbocycles. The molecule has 1 aliphatic rings. The highest BCUT2D eigenvalue weighted by molar-refractivity contribution is 8.15. The first-order valence-corrected chi connectivity index (χ1v) is 7.12. The van der Waals surface area contributed by atoms with Crippen molar-refractivity contribution in [1.29, 1.82) is 5.26 Å². The van der Waals surface area contributed by atoms with Crippen LogP contribution in [0.4, 0.5) is 18.9 Å². The van der Waals surface area contributed by atoms with Crippen LogP contribution in [-0.2, 0) is 11.0 Å². The van der Waals surface area contributed by atoms with Crippen molar-refractivity contribution in [1.82, 2.24) is 0 Å². The van der Waals surface area contributed by atoms with Crippen molar-refractivity contribution in [3.63, 3.8) is 0 Å². The third-order valence-corrected chi connectivity index (χ3v) is 3.74. The van der Waals surface area contributed by atoms with Crippen LogP contribution in [0.15, 0.2) is 35.6 Å². The van der Waals surface area contributed by atoms with Gasteiger partial charge in [0.25, 0.3) is 5.12 Å². The molecule has 1 saturated carbocycles. The molecule has 0 heterocycles. The highest BCUT2D eigenvalue weighted by Crippen LogP contribution is 2.37. The number of nitrogens with one attached hydrogen (secondary N) is 1. The van der Waals surface area contributed by atoms with Crippen molar-refractivity contribution < 1.29 is 23.1 Å². The van der Waals surface area contributed by atoms with Gasteiger partial charge in [0.15, 0.2) is 0 Å². The van der Waals surface area contributed by atoms with Gasteiger partial charge in [-0.05, 0) is 37.1 Å². The molecule has 2 N–H and O–H groups in total. The predicted molar refractivity (Wildman–Crippen MR) is 75.7 cm³/mol. The molecule has 0 aliphatic heterocycles. The third-order valence-electron chi connectivity index (χ3n) is 3.01. The molecule has 0 amide bonds. The average molecular weight is 328 g/mol. The Hall–Kier alpha value is -2.14. The van der Waals surface area contributed by atoms with Crippen molar-refractivity contribution in [2.75, 3.05) is 4.72 Å². The molecule has 0 aromatic heterocycles. The van der Waals surface area contributed by atoms with Crippen molar-refractivity contribution in [2.45, 2.75) is 19.0 Å². The van der Waals surface area contributed by atoms with Crippen LogP contribution in [0.25, 0.3) is 0 Å². The monoisotopic (exact) mass is 328 g/mol. The molecule has 1 aromatic rings. The number of benzene rings is 1. The summed E-state index contributed by atoms with van der Waals surface area (Å²) in [5.74, 6) is -0.348. The Morgan fingerprint density at radius 2 is 1.91 bits per heavy atom. The lowest BCUT2D eigenvalue weighted by Gasteiger charge is -2.08. The summed E-state index contributed by atoms with van der Waals surface area (Å²) < 4.78 is 39.8. The van der Waals surface area contributed by atoms with E-state index in [2.05, 4.69) is 4.72 Å². The smallest absolute Gasteiger partial charge is 0.416 e. The zero-order valence-electron chi connectivity index (χ0n) is 11.1. The summed E-state index contributed by atoms with van der Waals surface area (Å²) >= 11 is 0.539. The van der Waals surface area contributed by atoms with Gasteiger partial charge in [0.1, 0.15) is 17.4 Å². The van der Waals surface area contributed by atoms with Gasteiger partial charge in [-0.25, -0.2) is 0 Å². The van der Waals surface area contributed by atoms with E-state index in [4.69, 9.17) is 5.26 Å². The van der Waals surface area contributed by atoms with Gasteiger partial charge in [-0.1, -0.05) is 0 Å². The fourth-order valence-electron chi connectivity index (χ4n) is 1.65. The van der Waals surface area contributed by atoms with Crippen LogP contribution in [0.1, 0.15) is 18.4 Å². The number of nitrogens with zero attached hydrogens (tertiary/aromatic N) is 1. The number of rotatable bonds is 4. The van der Waals surface area contributed by atoms with Crippen LogP contribution in [0.2, 0.25) is 0 Å². The number of alkyl halides is 3. The predicted octanol–water partition coefficient (Wildman–Crippen LogP) is 4.04. The number of aliphatic hydroxyl groups is 1. The maximum Gasteiger partial charge on any atom is 0.416 e. The molecule has 116 valence electrons. The minimum Gasteiger partial charge on any atom is -0.510 e. The number of allylic oxidation sites excluding steroid dienone is 1. The van der Waals surface area contributed by atoms with E-state index in [9.17, 15) is 23.1 Å². The van der Waals surface area contributed by atoms with Gasteiger partial charge in [0.2, 0.25) is 0 Å². The second-order valence-corrected chi connectivity index (χ2v) is 5.49. The fourth-order valence-corrected chi connectivity index (χ4v) is 2.25. The van der Waals surface area contributed by atoms with E-state index in [-0.39, 0.29) is 22.9 Å². The van der Waals surface area contributed by atoms with Crippen molar-refractivity contribution >= 4 is 22.8 Å². The Bertz CT molecular complexity index is 644. The standard InChI is InChI=1S/C14H11F3N2O2S/c15-14(16,17)9-3-5-10(6-4-9)19-22-13(21)11(7-18)12(20)8-1-2-8/h3-6,8,19-20H,1-2H2/b12-11+. The number of anilines is 1. The molecule has 0 spiro atoms. The number of nitriles is 1. The van der Waals surface area contributed by atoms with E-state index >= 15 is 0 Å². The average Bonchev–Trinajstić information content (AvgIpc) is 3.30. The Morgan fingerprint density at radius 1 is 1.32 bits per heavy atom.